The van der Waals surface area contributed by atoms with E-state index in [9.17, 15) is 19.2 Å². The van der Waals surface area contributed by atoms with Crippen LogP contribution in [-0.2, 0) is 24.8 Å². The van der Waals surface area contributed by atoms with E-state index in [2.05, 4.69) is 22.2 Å². The lowest BCUT2D eigenvalue weighted by molar-refractivity contribution is -0.120. The number of fused-ring (bicyclic) bond motifs is 1. The lowest BCUT2D eigenvalue weighted by atomic mass is 10.1. The minimum atomic E-state index is -0.942. The number of carbonyl (C=O) groups is 2. The molecule has 0 unspecified atom stereocenters. The minimum absolute atomic E-state index is 0.183. The Morgan fingerprint density at radius 3 is 2.36 bits per heavy atom. The highest BCUT2D eigenvalue weighted by atomic mass is 32.2. The Labute approximate surface area is 197 Å². The average Bonchev–Trinajstić information content (AvgIpc) is 2.75. The van der Waals surface area contributed by atoms with Gasteiger partial charge in [0.15, 0.2) is 5.65 Å². The van der Waals surface area contributed by atoms with E-state index < -0.39 is 28.4 Å². The van der Waals surface area contributed by atoms with Gasteiger partial charge < -0.3 is 5.73 Å². The maximum absolute atomic E-state index is 13.1. The molecule has 1 atom stereocenters. The highest BCUT2D eigenvalue weighted by molar-refractivity contribution is 8.00. The molecular formula is C22H34N6O4S. The van der Waals surface area contributed by atoms with E-state index in [4.69, 9.17) is 5.73 Å². The highest BCUT2D eigenvalue weighted by Crippen LogP contribution is 2.31. The molecule has 0 saturated heterocycles. The molecule has 2 heterocycles. The van der Waals surface area contributed by atoms with Crippen LogP contribution in [0.1, 0.15) is 65.6 Å². The fraction of sp³-hybridized carbons (Fsp3) is 0.636. The molecule has 2 rings (SSSR count). The van der Waals surface area contributed by atoms with Gasteiger partial charge in [-0.3, -0.25) is 24.0 Å². The summed E-state index contributed by atoms with van der Waals surface area (Å²) in [6.07, 6.45) is 5.37. The number of imide groups is 1. The molecule has 3 N–H and O–H groups in total. The van der Waals surface area contributed by atoms with Gasteiger partial charge in [-0.25, -0.2) is 19.6 Å². The zero-order chi connectivity index (χ0) is 24.7. The molecule has 2 aromatic rings. The van der Waals surface area contributed by atoms with Gasteiger partial charge in [0.1, 0.15) is 16.2 Å². The lowest BCUT2D eigenvalue weighted by Crippen LogP contribution is -2.42. The van der Waals surface area contributed by atoms with Crippen LogP contribution in [0.5, 0.6) is 0 Å². The predicted octanol–water partition coefficient (Wildman–Crippen LogP) is 2.33. The molecule has 0 aliphatic rings. The fourth-order valence-electron chi connectivity index (χ4n) is 3.52. The molecule has 10 nitrogen and oxygen atoms in total. The van der Waals surface area contributed by atoms with Crippen molar-refractivity contribution in [2.75, 3.05) is 0 Å². The Kier molecular flexibility index (Phi) is 9.63. The molecule has 0 aliphatic heterocycles. The van der Waals surface area contributed by atoms with Gasteiger partial charge in [-0.05, 0) is 18.8 Å². The van der Waals surface area contributed by atoms with Crippen LogP contribution in [0, 0.1) is 5.92 Å². The van der Waals surface area contributed by atoms with E-state index in [1.54, 1.807) is 0 Å². The molecule has 0 spiro atoms. The summed E-state index contributed by atoms with van der Waals surface area (Å²) in [6.45, 7) is 8.13. The van der Waals surface area contributed by atoms with Gasteiger partial charge in [-0.15, -0.1) is 0 Å². The van der Waals surface area contributed by atoms with Crippen molar-refractivity contribution in [3.05, 3.63) is 26.7 Å². The van der Waals surface area contributed by atoms with E-state index >= 15 is 0 Å². The van der Waals surface area contributed by atoms with E-state index in [1.807, 2.05) is 20.8 Å². The molecule has 0 fully saturated rings. The zero-order valence-corrected chi connectivity index (χ0v) is 20.8. The normalized spacial score (nSPS) is 12.3. The number of primary amides is 1. The van der Waals surface area contributed by atoms with Crippen molar-refractivity contribution in [3.8, 4) is 0 Å². The molecular weight excluding hydrogens is 444 g/mol. The van der Waals surface area contributed by atoms with Crippen LogP contribution in [0.2, 0.25) is 0 Å². The second-order valence-corrected chi connectivity index (χ2v) is 9.52. The number of nitrogens with zero attached hydrogens (tertiary/aromatic N) is 4. The molecule has 2 aromatic heterocycles. The number of nitrogens with two attached hydrogens (primary N) is 1. The third kappa shape index (κ3) is 6.43. The summed E-state index contributed by atoms with van der Waals surface area (Å²) in [6, 6.07) is -0.942. The van der Waals surface area contributed by atoms with Gasteiger partial charge in [-0.2, -0.15) is 0 Å². The number of nitrogens with one attached hydrogen (secondary N) is 1. The Hall–Kier alpha value is -2.69. The number of rotatable bonds is 11. The summed E-state index contributed by atoms with van der Waals surface area (Å²) in [5.41, 5.74) is 4.47. The standard InChI is InChI=1S/C22H34N6O4S/c1-6-8-9-10-11-14-24-17-15(20(30)27(5)22(32)28(17)12-7-2)19(25-14)33-16(13(3)4)18(29)26-21(23)31/h13,16H,6-12H2,1-5H3,(H3,23,26,29,31)/t16-/m0/s1. The molecule has 11 heteroatoms. The van der Waals surface area contributed by atoms with Gasteiger partial charge in [0.05, 0.1) is 5.25 Å². The second kappa shape index (κ2) is 12.0. The molecule has 0 saturated carbocycles. The van der Waals surface area contributed by atoms with Gasteiger partial charge in [0.2, 0.25) is 5.91 Å². The van der Waals surface area contributed by atoms with Crippen molar-refractivity contribution in [3.63, 3.8) is 0 Å². The van der Waals surface area contributed by atoms with Crippen molar-refractivity contribution in [1.82, 2.24) is 24.4 Å². The Morgan fingerprint density at radius 1 is 1.09 bits per heavy atom. The van der Waals surface area contributed by atoms with E-state index in [0.717, 1.165) is 42.0 Å². The van der Waals surface area contributed by atoms with Crippen LogP contribution in [0.25, 0.3) is 11.0 Å². The highest BCUT2D eigenvalue weighted by Gasteiger charge is 2.28. The SMILES string of the molecule is CCCCCCc1nc(S[C@H](C(=O)NC(N)=O)C(C)C)c2c(=O)n(C)c(=O)n(CCC)c2n1. The van der Waals surface area contributed by atoms with Crippen LogP contribution in [0.3, 0.4) is 0 Å². The summed E-state index contributed by atoms with van der Waals surface area (Å²) < 4.78 is 2.53. The third-order valence-corrected chi connectivity index (χ3v) is 6.78. The number of hydrogen-bond acceptors (Lipinski definition) is 7. The van der Waals surface area contributed by atoms with E-state index in [0.29, 0.717) is 30.2 Å². The summed E-state index contributed by atoms with van der Waals surface area (Å²) >= 11 is 1.09. The first-order chi connectivity index (χ1) is 15.6. The summed E-state index contributed by atoms with van der Waals surface area (Å²) in [4.78, 5) is 59.1. The number of unbranched alkanes of at least 4 members (excludes halogenated alkanes) is 3. The van der Waals surface area contributed by atoms with Crippen molar-refractivity contribution < 1.29 is 9.59 Å². The molecule has 3 amide bonds. The van der Waals surface area contributed by atoms with Crippen LogP contribution < -0.4 is 22.3 Å². The first kappa shape index (κ1) is 26.6. The van der Waals surface area contributed by atoms with E-state index in [-0.39, 0.29) is 17.0 Å². The first-order valence-electron chi connectivity index (χ1n) is 11.4. The van der Waals surface area contributed by atoms with Crippen molar-refractivity contribution in [2.24, 2.45) is 18.7 Å². The number of aromatic nitrogens is 4. The molecule has 0 aromatic carbocycles. The maximum atomic E-state index is 13.1. The Morgan fingerprint density at radius 2 is 1.79 bits per heavy atom. The van der Waals surface area contributed by atoms with Gasteiger partial charge in [0.25, 0.3) is 5.56 Å². The summed E-state index contributed by atoms with van der Waals surface area (Å²) in [7, 11) is 1.42. The number of hydrogen-bond donors (Lipinski definition) is 2. The monoisotopic (exact) mass is 478 g/mol. The van der Waals surface area contributed by atoms with Crippen LogP contribution in [-0.4, -0.2) is 36.3 Å². The number of amides is 3. The Bertz CT molecular complexity index is 1120. The van der Waals surface area contributed by atoms with Gasteiger partial charge in [0, 0.05) is 20.0 Å². The van der Waals surface area contributed by atoms with Crippen LogP contribution in [0.4, 0.5) is 4.79 Å². The zero-order valence-electron chi connectivity index (χ0n) is 20.0. The maximum Gasteiger partial charge on any atom is 0.332 e. The second-order valence-electron chi connectivity index (χ2n) is 8.39. The largest absolute Gasteiger partial charge is 0.351 e. The minimum Gasteiger partial charge on any atom is -0.351 e. The van der Waals surface area contributed by atoms with Gasteiger partial charge >= 0.3 is 11.7 Å². The van der Waals surface area contributed by atoms with Gasteiger partial charge in [-0.1, -0.05) is 58.7 Å². The smallest absolute Gasteiger partial charge is 0.332 e. The lowest BCUT2D eigenvalue weighted by Gasteiger charge is -2.20. The topological polar surface area (TPSA) is 142 Å². The van der Waals surface area contributed by atoms with Crippen LogP contribution in [0.15, 0.2) is 14.6 Å². The summed E-state index contributed by atoms with van der Waals surface area (Å²) in [5.74, 6) is -0.216. The van der Waals surface area contributed by atoms with Crippen molar-refractivity contribution in [1.29, 1.82) is 0 Å². The number of aryl methyl sites for hydroxylation is 2. The fourth-order valence-corrected chi connectivity index (χ4v) is 4.65. The van der Waals surface area contributed by atoms with Crippen LogP contribution >= 0.6 is 11.8 Å². The predicted molar refractivity (Wildman–Crippen MR) is 129 cm³/mol. The number of carbonyl (C=O) groups excluding carboxylic acids is 2. The third-order valence-electron chi connectivity index (χ3n) is 5.25. The van der Waals surface area contributed by atoms with E-state index in [1.165, 1.54) is 11.6 Å². The average molecular weight is 479 g/mol. The van der Waals surface area contributed by atoms with Crippen molar-refractivity contribution in [2.45, 2.75) is 83.0 Å². The Balaban J connectivity index is 2.70. The first-order valence-corrected chi connectivity index (χ1v) is 12.3. The summed E-state index contributed by atoms with van der Waals surface area (Å²) in [5, 5.41) is 1.92. The molecule has 33 heavy (non-hydrogen) atoms. The molecule has 0 aliphatic carbocycles. The molecule has 0 bridgehead atoms. The number of urea groups is 1. The quantitative estimate of drug-likeness (QED) is 0.287. The van der Waals surface area contributed by atoms with Crippen molar-refractivity contribution >= 4 is 34.7 Å². The molecule has 0 radical (unpaired) electrons. The molecule has 182 valence electrons. The number of thioether (sulfide) groups is 1.